The average Bonchev–Trinajstić information content (AvgIpc) is 1.86. The molecule has 0 N–H and O–H groups in total. The molecule has 12 heavy (non-hydrogen) atoms. The highest BCUT2D eigenvalue weighted by molar-refractivity contribution is 5.82. The standard InChI is InChI=1S/C7H12F3NO/c1-4-11(5(2)3)6(12)7(8,9)10/h5H,4H2,1-3H3. The van der Waals surface area contributed by atoms with E-state index >= 15 is 0 Å². The summed E-state index contributed by atoms with van der Waals surface area (Å²) in [6.07, 6.45) is -4.75. The van der Waals surface area contributed by atoms with Crippen molar-refractivity contribution >= 4 is 5.91 Å². The van der Waals surface area contributed by atoms with E-state index in [0.29, 0.717) is 0 Å². The first-order valence-corrected chi connectivity index (χ1v) is 3.68. The van der Waals surface area contributed by atoms with E-state index in [1.165, 1.54) is 6.92 Å². The van der Waals surface area contributed by atoms with Gasteiger partial charge in [-0.05, 0) is 20.8 Å². The summed E-state index contributed by atoms with van der Waals surface area (Å²) in [5, 5.41) is 0. The Kier molecular flexibility index (Phi) is 3.55. The topological polar surface area (TPSA) is 20.3 Å². The smallest absolute Gasteiger partial charge is 0.333 e. The van der Waals surface area contributed by atoms with Gasteiger partial charge in [-0.3, -0.25) is 4.79 Å². The molecule has 0 spiro atoms. The molecule has 0 saturated heterocycles. The lowest BCUT2D eigenvalue weighted by atomic mass is 10.3. The lowest BCUT2D eigenvalue weighted by Gasteiger charge is -2.25. The first-order chi connectivity index (χ1) is 5.30. The molecule has 0 bridgehead atoms. The molecule has 0 saturated carbocycles. The molecular formula is C7H12F3NO. The third-order valence-corrected chi connectivity index (χ3v) is 1.47. The summed E-state index contributed by atoms with van der Waals surface area (Å²) in [7, 11) is 0. The number of nitrogens with zero attached hydrogens (tertiary/aromatic N) is 1. The van der Waals surface area contributed by atoms with Gasteiger partial charge in [-0.2, -0.15) is 13.2 Å². The normalized spacial score (nSPS) is 11.9. The Morgan fingerprint density at radius 3 is 1.92 bits per heavy atom. The highest BCUT2D eigenvalue weighted by atomic mass is 19.4. The van der Waals surface area contributed by atoms with Gasteiger partial charge in [0.05, 0.1) is 0 Å². The van der Waals surface area contributed by atoms with Crippen LogP contribution in [0, 0.1) is 0 Å². The quantitative estimate of drug-likeness (QED) is 0.639. The van der Waals surface area contributed by atoms with Crippen LogP contribution in [0.15, 0.2) is 0 Å². The molecule has 0 aromatic carbocycles. The second-order valence-corrected chi connectivity index (χ2v) is 2.68. The molecule has 0 aromatic heterocycles. The largest absolute Gasteiger partial charge is 0.471 e. The lowest BCUT2D eigenvalue weighted by molar-refractivity contribution is -0.187. The van der Waals surface area contributed by atoms with Crippen LogP contribution in [0.1, 0.15) is 20.8 Å². The van der Waals surface area contributed by atoms with Crippen molar-refractivity contribution in [2.24, 2.45) is 0 Å². The van der Waals surface area contributed by atoms with Gasteiger partial charge in [-0.25, -0.2) is 0 Å². The number of hydrogen-bond donors (Lipinski definition) is 0. The summed E-state index contributed by atoms with van der Waals surface area (Å²) in [5.41, 5.74) is 0. The van der Waals surface area contributed by atoms with Crippen LogP contribution in [0.4, 0.5) is 13.2 Å². The Balaban J connectivity index is 4.44. The van der Waals surface area contributed by atoms with Crippen molar-refractivity contribution in [3.05, 3.63) is 0 Å². The fourth-order valence-electron chi connectivity index (χ4n) is 0.906. The van der Waals surface area contributed by atoms with E-state index in [-0.39, 0.29) is 6.54 Å². The van der Waals surface area contributed by atoms with Gasteiger partial charge in [-0.1, -0.05) is 0 Å². The number of alkyl halides is 3. The van der Waals surface area contributed by atoms with Crippen molar-refractivity contribution < 1.29 is 18.0 Å². The Hall–Kier alpha value is -0.740. The molecule has 0 atom stereocenters. The second kappa shape index (κ2) is 3.78. The Bertz CT molecular complexity index is 165. The van der Waals surface area contributed by atoms with Crippen molar-refractivity contribution in [1.29, 1.82) is 0 Å². The first-order valence-electron chi connectivity index (χ1n) is 3.68. The fourth-order valence-corrected chi connectivity index (χ4v) is 0.906. The van der Waals surface area contributed by atoms with E-state index in [9.17, 15) is 18.0 Å². The maximum absolute atomic E-state index is 11.9. The van der Waals surface area contributed by atoms with Gasteiger partial charge >= 0.3 is 12.1 Å². The number of carbonyl (C=O) groups is 1. The van der Waals surface area contributed by atoms with E-state index in [4.69, 9.17) is 0 Å². The van der Waals surface area contributed by atoms with Crippen LogP contribution in [0.2, 0.25) is 0 Å². The monoisotopic (exact) mass is 183 g/mol. The van der Waals surface area contributed by atoms with Crippen molar-refractivity contribution in [1.82, 2.24) is 4.90 Å². The van der Waals surface area contributed by atoms with Gasteiger partial charge in [0.15, 0.2) is 0 Å². The van der Waals surface area contributed by atoms with E-state index in [2.05, 4.69) is 0 Å². The molecule has 0 unspecified atom stereocenters. The van der Waals surface area contributed by atoms with Gasteiger partial charge in [0.2, 0.25) is 0 Å². The predicted molar refractivity (Wildman–Crippen MR) is 38.6 cm³/mol. The molecule has 0 aliphatic rings. The van der Waals surface area contributed by atoms with Crippen molar-refractivity contribution in [3.63, 3.8) is 0 Å². The van der Waals surface area contributed by atoms with Gasteiger partial charge in [0.1, 0.15) is 0 Å². The number of rotatable bonds is 2. The van der Waals surface area contributed by atoms with Crippen LogP contribution in [0.3, 0.4) is 0 Å². The Morgan fingerprint density at radius 2 is 1.83 bits per heavy atom. The third-order valence-electron chi connectivity index (χ3n) is 1.47. The summed E-state index contributed by atoms with van der Waals surface area (Å²) < 4.78 is 35.6. The minimum atomic E-state index is -4.75. The van der Waals surface area contributed by atoms with Crippen molar-refractivity contribution in [2.75, 3.05) is 6.54 Å². The molecule has 0 aliphatic carbocycles. The SMILES string of the molecule is CCN(C(=O)C(F)(F)F)C(C)C. The van der Waals surface area contributed by atoms with Crippen LogP contribution in [0.25, 0.3) is 0 Å². The van der Waals surface area contributed by atoms with E-state index in [1.54, 1.807) is 13.8 Å². The summed E-state index contributed by atoms with van der Waals surface area (Å²) in [5.74, 6) is -1.76. The summed E-state index contributed by atoms with van der Waals surface area (Å²) >= 11 is 0. The molecular weight excluding hydrogens is 171 g/mol. The number of carbonyl (C=O) groups excluding carboxylic acids is 1. The molecule has 0 rings (SSSR count). The third kappa shape index (κ3) is 2.71. The zero-order valence-electron chi connectivity index (χ0n) is 7.27. The van der Waals surface area contributed by atoms with E-state index < -0.39 is 18.1 Å². The zero-order valence-corrected chi connectivity index (χ0v) is 7.27. The maximum Gasteiger partial charge on any atom is 0.471 e. The molecule has 1 amide bonds. The highest BCUT2D eigenvalue weighted by Gasteiger charge is 2.42. The highest BCUT2D eigenvalue weighted by Crippen LogP contribution is 2.19. The summed E-state index contributed by atoms with van der Waals surface area (Å²) in [6, 6.07) is -0.413. The van der Waals surface area contributed by atoms with Gasteiger partial charge in [0.25, 0.3) is 0 Å². The van der Waals surface area contributed by atoms with Crippen LogP contribution < -0.4 is 0 Å². The van der Waals surface area contributed by atoms with Crippen LogP contribution in [-0.2, 0) is 4.79 Å². The number of halogens is 3. The minimum Gasteiger partial charge on any atom is -0.333 e. The fraction of sp³-hybridized carbons (Fsp3) is 0.857. The molecule has 0 heterocycles. The zero-order chi connectivity index (χ0) is 9.94. The van der Waals surface area contributed by atoms with Crippen molar-refractivity contribution in [2.45, 2.75) is 33.0 Å². The molecule has 0 fully saturated rings. The average molecular weight is 183 g/mol. The Labute approximate surface area is 69.3 Å². The Morgan fingerprint density at radius 1 is 1.42 bits per heavy atom. The molecule has 2 nitrogen and oxygen atoms in total. The van der Waals surface area contributed by atoms with Crippen molar-refractivity contribution in [3.8, 4) is 0 Å². The first kappa shape index (κ1) is 11.3. The molecule has 0 aliphatic heterocycles. The number of hydrogen-bond acceptors (Lipinski definition) is 1. The maximum atomic E-state index is 11.9. The van der Waals surface area contributed by atoms with Crippen LogP contribution in [-0.4, -0.2) is 29.6 Å². The number of amides is 1. The van der Waals surface area contributed by atoms with Crippen LogP contribution in [0.5, 0.6) is 0 Å². The molecule has 0 aromatic rings. The molecule has 5 heteroatoms. The second-order valence-electron chi connectivity index (χ2n) is 2.68. The predicted octanol–water partition coefficient (Wildman–Crippen LogP) is 1.81. The van der Waals surface area contributed by atoms with Gasteiger partial charge in [-0.15, -0.1) is 0 Å². The summed E-state index contributed by atoms with van der Waals surface area (Å²) in [6.45, 7) is 4.69. The van der Waals surface area contributed by atoms with E-state index in [0.717, 1.165) is 4.90 Å². The molecule has 72 valence electrons. The summed E-state index contributed by atoms with van der Waals surface area (Å²) in [4.78, 5) is 11.4. The molecule has 0 radical (unpaired) electrons. The minimum absolute atomic E-state index is 0.0794. The lowest BCUT2D eigenvalue weighted by Crippen LogP contribution is -2.44. The van der Waals surface area contributed by atoms with Gasteiger partial charge < -0.3 is 4.90 Å². The van der Waals surface area contributed by atoms with Crippen LogP contribution >= 0.6 is 0 Å². The van der Waals surface area contributed by atoms with Gasteiger partial charge in [0, 0.05) is 12.6 Å². The van der Waals surface area contributed by atoms with E-state index in [1.807, 2.05) is 0 Å².